The number of nitrogens with two attached hydrogens (primary N) is 1. The predicted molar refractivity (Wildman–Crippen MR) is 92.9 cm³/mol. The van der Waals surface area contributed by atoms with Crippen LogP contribution in [0.4, 0.5) is 5.69 Å². The van der Waals surface area contributed by atoms with Crippen molar-refractivity contribution in [3.8, 4) is 0 Å². The van der Waals surface area contributed by atoms with Crippen LogP contribution >= 0.6 is 11.8 Å². The van der Waals surface area contributed by atoms with Crippen molar-refractivity contribution in [1.82, 2.24) is 0 Å². The maximum absolute atomic E-state index is 12.3. The Labute approximate surface area is 140 Å². The Morgan fingerprint density at radius 2 is 1.87 bits per heavy atom. The van der Waals surface area contributed by atoms with Crippen LogP contribution in [0.3, 0.4) is 0 Å². The van der Waals surface area contributed by atoms with Gasteiger partial charge in [0, 0.05) is 10.6 Å². The molecular formula is C16H18N2O3S2. The van der Waals surface area contributed by atoms with Crippen molar-refractivity contribution in [2.75, 3.05) is 5.32 Å². The lowest BCUT2D eigenvalue weighted by molar-refractivity contribution is -0.115. The Morgan fingerprint density at radius 1 is 1.17 bits per heavy atom. The van der Waals surface area contributed by atoms with E-state index in [-0.39, 0.29) is 16.1 Å². The van der Waals surface area contributed by atoms with Crippen LogP contribution in [0.25, 0.3) is 0 Å². The Hall–Kier alpha value is -1.83. The number of benzene rings is 2. The number of carbonyl (C=O) groups excluding carboxylic acids is 1. The fourth-order valence-corrected chi connectivity index (χ4v) is 3.44. The van der Waals surface area contributed by atoms with Crippen molar-refractivity contribution >= 4 is 33.4 Å². The van der Waals surface area contributed by atoms with Crippen molar-refractivity contribution in [1.29, 1.82) is 0 Å². The third-order valence-electron chi connectivity index (χ3n) is 3.20. The molecule has 1 amide bonds. The van der Waals surface area contributed by atoms with E-state index in [1.54, 1.807) is 13.0 Å². The Balaban J connectivity index is 2.08. The Morgan fingerprint density at radius 3 is 2.52 bits per heavy atom. The normalized spacial score (nSPS) is 12.7. The van der Waals surface area contributed by atoms with E-state index < -0.39 is 10.0 Å². The predicted octanol–water partition coefficient (Wildman–Crippen LogP) is 2.76. The molecule has 0 radical (unpaired) electrons. The van der Waals surface area contributed by atoms with Gasteiger partial charge < -0.3 is 5.32 Å². The summed E-state index contributed by atoms with van der Waals surface area (Å²) >= 11 is 1.45. The van der Waals surface area contributed by atoms with E-state index in [1.807, 2.05) is 31.2 Å². The van der Waals surface area contributed by atoms with E-state index in [1.165, 1.54) is 30.0 Å². The highest BCUT2D eigenvalue weighted by molar-refractivity contribution is 8.00. The highest BCUT2D eigenvalue weighted by Crippen LogP contribution is 2.27. The monoisotopic (exact) mass is 350 g/mol. The second-order valence-corrected chi connectivity index (χ2v) is 8.03. The van der Waals surface area contributed by atoms with Crippen LogP contribution in [-0.2, 0) is 14.8 Å². The minimum atomic E-state index is -3.79. The zero-order chi connectivity index (χ0) is 17.0. The number of anilines is 1. The summed E-state index contributed by atoms with van der Waals surface area (Å²) in [4.78, 5) is 13.3. The van der Waals surface area contributed by atoms with Gasteiger partial charge in [0.25, 0.3) is 0 Å². The molecular weight excluding hydrogens is 332 g/mol. The quantitative estimate of drug-likeness (QED) is 0.812. The minimum Gasteiger partial charge on any atom is -0.325 e. The molecule has 0 fully saturated rings. The molecule has 122 valence electrons. The molecule has 0 aliphatic heterocycles. The van der Waals surface area contributed by atoms with E-state index in [0.717, 1.165) is 10.5 Å². The SMILES string of the molecule is Cc1ccccc1SC(C)C(=O)Nc1cccc(S(N)(=O)=O)c1. The van der Waals surface area contributed by atoms with E-state index in [9.17, 15) is 13.2 Å². The van der Waals surface area contributed by atoms with E-state index in [4.69, 9.17) is 5.14 Å². The number of thioether (sulfide) groups is 1. The van der Waals surface area contributed by atoms with Crippen molar-refractivity contribution in [2.45, 2.75) is 28.9 Å². The van der Waals surface area contributed by atoms with Gasteiger partial charge in [-0.1, -0.05) is 24.3 Å². The molecule has 0 aliphatic rings. The summed E-state index contributed by atoms with van der Waals surface area (Å²) in [5.41, 5.74) is 1.51. The fraction of sp³-hybridized carbons (Fsp3) is 0.188. The molecule has 2 aromatic rings. The lowest BCUT2D eigenvalue weighted by Crippen LogP contribution is -2.22. The van der Waals surface area contributed by atoms with Crippen LogP contribution in [0.5, 0.6) is 0 Å². The molecule has 2 aromatic carbocycles. The zero-order valence-electron chi connectivity index (χ0n) is 12.8. The van der Waals surface area contributed by atoms with E-state index in [0.29, 0.717) is 5.69 Å². The molecule has 0 bridgehead atoms. The number of aryl methyl sites for hydroxylation is 1. The van der Waals surface area contributed by atoms with Crippen LogP contribution in [-0.4, -0.2) is 19.6 Å². The number of nitrogens with one attached hydrogen (secondary N) is 1. The molecule has 0 spiro atoms. The van der Waals surface area contributed by atoms with Crippen LogP contribution in [0.1, 0.15) is 12.5 Å². The Kier molecular flexibility index (Phi) is 5.46. The molecule has 0 heterocycles. The van der Waals surface area contributed by atoms with E-state index in [2.05, 4.69) is 5.32 Å². The topological polar surface area (TPSA) is 89.3 Å². The summed E-state index contributed by atoms with van der Waals surface area (Å²) in [6.07, 6.45) is 0. The smallest absolute Gasteiger partial charge is 0.238 e. The number of primary sulfonamides is 1. The molecule has 7 heteroatoms. The van der Waals surface area contributed by atoms with Crippen LogP contribution < -0.4 is 10.5 Å². The molecule has 5 nitrogen and oxygen atoms in total. The molecule has 2 rings (SSSR count). The summed E-state index contributed by atoms with van der Waals surface area (Å²) in [5.74, 6) is -0.204. The first-order chi connectivity index (χ1) is 10.8. The summed E-state index contributed by atoms with van der Waals surface area (Å²) in [7, 11) is -3.79. The summed E-state index contributed by atoms with van der Waals surface area (Å²) in [6.45, 7) is 3.79. The third kappa shape index (κ3) is 4.82. The van der Waals surface area contributed by atoms with Gasteiger partial charge in [-0.2, -0.15) is 0 Å². The summed E-state index contributed by atoms with van der Waals surface area (Å²) in [6, 6.07) is 13.7. The average molecular weight is 350 g/mol. The van der Waals surface area contributed by atoms with Crippen LogP contribution in [0.2, 0.25) is 0 Å². The van der Waals surface area contributed by atoms with Crippen LogP contribution in [0.15, 0.2) is 58.3 Å². The Bertz CT molecular complexity index is 820. The number of hydrogen-bond acceptors (Lipinski definition) is 4. The number of sulfonamides is 1. The first-order valence-electron chi connectivity index (χ1n) is 6.93. The lowest BCUT2D eigenvalue weighted by Gasteiger charge is -2.13. The van der Waals surface area contributed by atoms with Gasteiger partial charge in [0.2, 0.25) is 15.9 Å². The van der Waals surface area contributed by atoms with Gasteiger partial charge in [-0.25, -0.2) is 13.6 Å². The first kappa shape index (κ1) is 17.5. The van der Waals surface area contributed by atoms with Crippen molar-refractivity contribution in [3.05, 3.63) is 54.1 Å². The summed E-state index contributed by atoms with van der Waals surface area (Å²) < 4.78 is 22.7. The van der Waals surface area contributed by atoms with Gasteiger partial charge in [-0.05, 0) is 43.7 Å². The molecule has 0 saturated heterocycles. The van der Waals surface area contributed by atoms with Gasteiger partial charge in [-0.15, -0.1) is 11.8 Å². The minimum absolute atomic E-state index is 0.0329. The van der Waals surface area contributed by atoms with Crippen molar-refractivity contribution in [3.63, 3.8) is 0 Å². The second-order valence-electron chi connectivity index (χ2n) is 5.09. The molecule has 0 aromatic heterocycles. The molecule has 0 saturated carbocycles. The first-order valence-corrected chi connectivity index (χ1v) is 9.36. The number of carbonyl (C=O) groups is 1. The van der Waals surface area contributed by atoms with Gasteiger partial charge >= 0.3 is 0 Å². The fourth-order valence-electron chi connectivity index (χ4n) is 1.93. The van der Waals surface area contributed by atoms with Crippen molar-refractivity contribution in [2.24, 2.45) is 5.14 Å². The van der Waals surface area contributed by atoms with Gasteiger partial charge in [0.15, 0.2) is 0 Å². The third-order valence-corrected chi connectivity index (χ3v) is 5.39. The molecule has 23 heavy (non-hydrogen) atoms. The van der Waals surface area contributed by atoms with Gasteiger partial charge in [-0.3, -0.25) is 4.79 Å². The zero-order valence-corrected chi connectivity index (χ0v) is 14.4. The van der Waals surface area contributed by atoms with Crippen molar-refractivity contribution < 1.29 is 13.2 Å². The highest BCUT2D eigenvalue weighted by Gasteiger charge is 2.16. The average Bonchev–Trinajstić information content (AvgIpc) is 2.49. The number of amides is 1. The number of hydrogen-bond donors (Lipinski definition) is 2. The van der Waals surface area contributed by atoms with E-state index >= 15 is 0 Å². The van der Waals surface area contributed by atoms with Gasteiger partial charge in [0.1, 0.15) is 0 Å². The maximum atomic E-state index is 12.3. The van der Waals surface area contributed by atoms with Gasteiger partial charge in [0.05, 0.1) is 10.1 Å². The standard InChI is InChI=1S/C16H18N2O3S2/c1-11-6-3-4-9-15(11)22-12(2)16(19)18-13-7-5-8-14(10-13)23(17,20)21/h3-10,12H,1-2H3,(H,18,19)(H2,17,20,21). The number of rotatable bonds is 5. The van der Waals surface area contributed by atoms with Crippen LogP contribution in [0, 0.1) is 6.92 Å². The molecule has 1 unspecified atom stereocenters. The molecule has 1 atom stereocenters. The lowest BCUT2D eigenvalue weighted by atomic mass is 10.2. The summed E-state index contributed by atoms with van der Waals surface area (Å²) in [5, 5.41) is 7.48. The maximum Gasteiger partial charge on any atom is 0.238 e. The molecule has 0 aliphatic carbocycles. The molecule has 3 N–H and O–H groups in total. The highest BCUT2D eigenvalue weighted by atomic mass is 32.2. The largest absolute Gasteiger partial charge is 0.325 e. The second kappa shape index (κ2) is 7.16.